The lowest BCUT2D eigenvalue weighted by molar-refractivity contribution is -0.115. The van der Waals surface area contributed by atoms with Gasteiger partial charge in [-0.2, -0.15) is 0 Å². The zero-order valence-corrected chi connectivity index (χ0v) is 11.5. The zero-order valence-electron chi connectivity index (χ0n) is 11.5. The molecule has 19 heavy (non-hydrogen) atoms. The van der Waals surface area contributed by atoms with Gasteiger partial charge in [0.1, 0.15) is 0 Å². The molecule has 0 heterocycles. The van der Waals surface area contributed by atoms with E-state index >= 15 is 0 Å². The number of hydrogen-bond acceptors (Lipinski definition) is 4. The Bertz CT molecular complexity index is 446. The molecular formula is C14H20N2O3. The molecule has 1 rings (SSSR count). The van der Waals surface area contributed by atoms with Crippen molar-refractivity contribution in [1.82, 2.24) is 5.32 Å². The first kappa shape index (κ1) is 15.2. The van der Waals surface area contributed by atoms with Gasteiger partial charge in [0.25, 0.3) is 0 Å². The van der Waals surface area contributed by atoms with E-state index in [-0.39, 0.29) is 18.5 Å². The fourth-order valence-corrected chi connectivity index (χ4v) is 1.49. The molecule has 1 aromatic carbocycles. The topological polar surface area (TPSA) is 67.4 Å². The molecule has 0 aromatic heterocycles. The SMILES string of the molecule is CCC(C)NCC(=O)Nc1ccccc1C(=O)OC. The number of esters is 1. The van der Waals surface area contributed by atoms with E-state index in [9.17, 15) is 9.59 Å². The van der Waals surface area contributed by atoms with Crippen LogP contribution in [0.2, 0.25) is 0 Å². The lowest BCUT2D eigenvalue weighted by Gasteiger charge is -2.12. The second-order valence-electron chi connectivity index (χ2n) is 4.28. The number of hydrogen-bond donors (Lipinski definition) is 2. The maximum atomic E-state index is 11.8. The summed E-state index contributed by atoms with van der Waals surface area (Å²) in [7, 11) is 1.31. The summed E-state index contributed by atoms with van der Waals surface area (Å²) in [5.41, 5.74) is 0.812. The Kier molecular flexibility index (Phi) is 6.02. The largest absolute Gasteiger partial charge is 0.465 e. The van der Waals surface area contributed by atoms with Gasteiger partial charge in [0.05, 0.1) is 24.9 Å². The number of amides is 1. The molecule has 104 valence electrons. The van der Waals surface area contributed by atoms with Crippen LogP contribution in [0.4, 0.5) is 5.69 Å². The molecule has 0 bridgehead atoms. The first-order valence-electron chi connectivity index (χ1n) is 6.29. The van der Waals surface area contributed by atoms with Crippen LogP contribution in [0.25, 0.3) is 0 Å². The monoisotopic (exact) mass is 264 g/mol. The van der Waals surface area contributed by atoms with Crippen LogP contribution in [0.1, 0.15) is 30.6 Å². The molecule has 5 heteroatoms. The summed E-state index contributed by atoms with van der Waals surface area (Å²) in [5.74, 6) is -0.651. The molecule has 1 aromatic rings. The highest BCUT2D eigenvalue weighted by Crippen LogP contribution is 2.15. The van der Waals surface area contributed by atoms with Crippen molar-refractivity contribution in [1.29, 1.82) is 0 Å². The number of methoxy groups -OCH3 is 1. The smallest absolute Gasteiger partial charge is 0.339 e. The third-order valence-electron chi connectivity index (χ3n) is 2.83. The predicted molar refractivity (Wildman–Crippen MR) is 74.2 cm³/mol. The lowest BCUT2D eigenvalue weighted by Crippen LogP contribution is -2.34. The summed E-state index contributed by atoms with van der Waals surface area (Å²) in [6.07, 6.45) is 0.950. The summed E-state index contributed by atoms with van der Waals surface area (Å²) in [6.45, 7) is 4.27. The molecular weight excluding hydrogens is 244 g/mol. The van der Waals surface area contributed by atoms with E-state index in [1.807, 2.05) is 13.8 Å². The minimum atomic E-state index is -0.467. The van der Waals surface area contributed by atoms with Crippen molar-refractivity contribution in [2.24, 2.45) is 0 Å². The maximum Gasteiger partial charge on any atom is 0.339 e. The van der Waals surface area contributed by atoms with Crippen molar-refractivity contribution in [3.05, 3.63) is 29.8 Å². The van der Waals surface area contributed by atoms with Crippen molar-refractivity contribution in [2.45, 2.75) is 26.3 Å². The van der Waals surface area contributed by atoms with Crippen molar-refractivity contribution >= 4 is 17.6 Å². The zero-order chi connectivity index (χ0) is 14.3. The Balaban J connectivity index is 2.66. The van der Waals surface area contributed by atoms with Gasteiger partial charge in [0.2, 0.25) is 5.91 Å². The first-order chi connectivity index (χ1) is 9.08. The van der Waals surface area contributed by atoms with Gasteiger partial charge in [-0.1, -0.05) is 19.1 Å². The molecule has 1 amide bonds. The van der Waals surface area contributed by atoms with Gasteiger partial charge >= 0.3 is 5.97 Å². The van der Waals surface area contributed by atoms with Crippen molar-refractivity contribution < 1.29 is 14.3 Å². The molecule has 1 atom stereocenters. The summed E-state index contributed by atoms with van der Waals surface area (Å²) in [5, 5.41) is 5.79. The molecule has 0 fully saturated rings. The second-order valence-corrected chi connectivity index (χ2v) is 4.28. The summed E-state index contributed by atoms with van der Waals surface area (Å²) in [6, 6.07) is 7.04. The normalized spacial score (nSPS) is 11.7. The Morgan fingerprint density at radius 3 is 2.63 bits per heavy atom. The van der Waals surface area contributed by atoms with Crippen molar-refractivity contribution in [3.8, 4) is 0 Å². The number of carbonyl (C=O) groups is 2. The Morgan fingerprint density at radius 1 is 1.32 bits per heavy atom. The average Bonchev–Trinajstić information content (AvgIpc) is 2.44. The lowest BCUT2D eigenvalue weighted by atomic mass is 10.2. The minimum absolute atomic E-state index is 0.184. The van der Waals surface area contributed by atoms with Gasteiger partial charge in [-0.15, -0.1) is 0 Å². The van der Waals surface area contributed by atoms with E-state index in [1.54, 1.807) is 24.3 Å². The number of rotatable bonds is 6. The van der Waals surface area contributed by atoms with Crippen molar-refractivity contribution in [2.75, 3.05) is 19.0 Å². The van der Waals surface area contributed by atoms with Gasteiger partial charge in [0, 0.05) is 6.04 Å². The van der Waals surface area contributed by atoms with Crippen LogP contribution in [0.3, 0.4) is 0 Å². The standard InChI is InChI=1S/C14H20N2O3/c1-4-10(2)15-9-13(17)16-12-8-6-5-7-11(12)14(18)19-3/h5-8,10,15H,4,9H2,1-3H3,(H,16,17). The third kappa shape index (κ3) is 4.71. The highest BCUT2D eigenvalue weighted by Gasteiger charge is 2.13. The van der Waals surface area contributed by atoms with E-state index in [1.165, 1.54) is 7.11 Å². The number of carbonyl (C=O) groups excluding carboxylic acids is 2. The van der Waals surface area contributed by atoms with Crippen LogP contribution in [0.15, 0.2) is 24.3 Å². The van der Waals surface area contributed by atoms with Crippen LogP contribution in [-0.2, 0) is 9.53 Å². The molecule has 0 spiro atoms. The van der Waals surface area contributed by atoms with Gasteiger partial charge in [-0.25, -0.2) is 4.79 Å². The summed E-state index contributed by atoms with van der Waals surface area (Å²) in [4.78, 5) is 23.3. The number of anilines is 1. The molecule has 0 aliphatic heterocycles. The third-order valence-corrected chi connectivity index (χ3v) is 2.83. The average molecular weight is 264 g/mol. The van der Waals surface area contributed by atoms with E-state index in [4.69, 9.17) is 0 Å². The number of para-hydroxylation sites is 1. The highest BCUT2D eigenvalue weighted by atomic mass is 16.5. The molecule has 0 saturated heterocycles. The van der Waals surface area contributed by atoms with E-state index < -0.39 is 5.97 Å². The summed E-state index contributed by atoms with van der Waals surface area (Å²) < 4.78 is 4.67. The number of benzene rings is 1. The molecule has 0 saturated carbocycles. The Morgan fingerprint density at radius 2 is 2.00 bits per heavy atom. The second kappa shape index (κ2) is 7.53. The molecule has 1 unspecified atom stereocenters. The van der Waals surface area contributed by atoms with Gasteiger partial charge < -0.3 is 15.4 Å². The van der Waals surface area contributed by atoms with E-state index in [0.717, 1.165) is 6.42 Å². The maximum absolute atomic E-state index is 11.8. The van der Waals surface area contributed by atoms with Gasteiger partial charge in [-0.05, 0) is 25.5 Å². The quantitative estimate of drug-likeness (QED) is 0.769. The van der Waals surface area contributed by atoms with Gasteiger partial charge in [-0.3, -0.25) is 4.79 Å². The fraction of sp³-hybridized carbons (Fsp3) is 0.429. The molecule has 0 aliphatic carbocycles. The van der Waals surface area contributed by atoms with Crippen LogP contribution < -0.4 is 10.6 Å². The Labute approximate surface area is 113 Å². The minimum Gasteiger partial charge on any atom is -0.465 e. The van der Waals surface area contributed by atoms with Crippen LogP contribution in [-0.4, -0.2) is 31.6 Å². The van der Waals surface area contributed by atoms with Gasteiger partial charge in [0.15, 0.2) is 0 Å². The van der Waals surface area contributed by atoms with E-state index in [2.05, 4.69) is 15.4 Å². The molecule has 5 nitrogen and oxygen atoms in total. The number of ether oxygens (including phenoxy) is 1. The molecule has 0 aliphatic rings. The number of nitrogens with one attached hydrogen (secondary N) is 2. The van der Waals surface area contributed by atoms with Crippen LogP contribution in [0, 0.1) is 0 Å². The predicted octanol–water partition coefficient (Wildman–Crippen LogP) is 1.80. The molecule has 2 N–H and O–H groups in total. The fourth-order valence-electron chi connectivity index (χ4n) is 1.49. The summed E-state index contributed by atoms with van der Waals surface area (Å²) >= 11 is 0. The highest BCUT2D eigenvalue weighted by molar-refractivity contribution is 6.01. The van der Waals surface area contributed by atoms with Crippen LogP contribution >= 0.6 is 0 Å². The van der Waals surface area contributed by atoms with Crippen LogP contribution in [0.5, 0.6) is 0 Å². The molecule has 0 radical (unpaired) electrons. The Hall–Kier alpha value is -1.88. The first-order valence-corrected chi connectivity index (χ1v) is 6.29. The van der Waals surface area contributed by atoms with Crippen molar-refractivity contribution in [3.63, 3.8) is 0 Å². The van der Waals surface area contributed by atoms with E-state index in [0.29, 0.717) is 11.3 Å².